The lowest BCUT2D eigenvalue weighted by molar-refractivity contribution is 0.203. The van der Waals surface area contributed by atoms with Gasteiger partial charge in [0.15, 0.2) is 5.43 Å². The zero-order valence-electron chi connectivity index (χ0n) is 20.3. The van der Waals surface area contributed by atoms with Gasteiger partial charge in [-0.05, 0) is 92.4 Å². The third-order valence-electron chi connectivity index (χ3n) is 7.36. The summed E-state index contributed by atoms with van der Waals surface area (Å²) in [6.07, 6.45) is 8.36. The van der Waals surface area contributed by atoms with E-state index in [4.69, 9.17) is 0 Å². The Labute approximate surface area is 208 Å². The van der Waals surface area contributed by atoms with E-state index in [9.17, 15) is 9.59 Å². The standard InChI is InChI=1S/C28H30N6O2/c1-17-14-20(2-5-23(17)18-8-12-34(13-9-18)21-3-4-21)31-27-26-19(6-10-30-28(26)36)15-25(33-27)32-24-16-22(35)7-11-29-24/h2,5-7,10-11,14-16,18,21H,3-4,8-9,12-13H2,1H3,(H,30,36)(H3,29,31,32,33,35). The van der Waals surface area contributed by atoms with E-state index >= 15 is 0 Å². The Morgan fingerprint density at radius 2 is 1.72 bits per heavy atom. The monoisotopic (exact) mass is 482 g/mol. The van der Waals surface area contributed by atoms with Crippen molar-refractivity contribution in [3.8, 4) is 0 Å². The van der Waals surface area contributed by atoms with Crippen LogP contribution in [-0.4, -0.2) is 39.0 Å². The fourth-order valence-corrected chi connectivity index (χ4v) is 5.39. The number of pyridine rings is 3. The van der Waals surface area contributed by atoms with Crippen molar-refractivity contribution in [2.75, 3.05) is 23.7 Å². The van der Waals surface area contributed by atoms with Gasteiger partial charge < -0.3 is 25.5 Å². The number of nitrogens with zero attached hydrogens (tertiary/aromatic N) is 2. The summed E-state index contributed by atoms with van der Waals surface area (Å²) in [7, 11) is 0. The van der Waals surface area contributed by atoms with Crippen LogP contribution in [0.3, 0.4) is 0 Å². The highest BCUT2D eigenvalue weighted by Crippen LogP contribution is 2.36. The molecule has 0 bridgehead atoms. The van der Waals surface area contributed by atoms with Crippen molar-refractivity contribution in [1.82, 2.24) is 19.9 Å². The summed E-state index contributed by atoms with van der Waals surface area (Å²) in [4.78, 5) is 37.5. The second-order valence-corrected chi connectivity index (χ2v) is 9.93. The lowest BCUT2D eigenvalue weighted by Crippen LogP contribution is -2.34. The molecule has 0 atom stereocenters. The molecular formula is C28H30N6O2. The van der Waals surface area contributed by atoms with Crippen molar-refractivity contribution in [3.63, 3.8) is 0 Å². The highest BCUT2D eigenvalue weighted by molar-refractivity contribution is 5.94. The zero-order valence-corrected chi connectivity index (χ0v) is 20.3. The van der Waals surface area contributed by atoms with Crippen LogP contribution in [-0.2, 0) is 0 Å². The van der Waals surface area contributed by atoms with Gasteiger partial charge >= 0.3 is 0 Å². The van der Waals surface area contributed by atoms with Gasteiger partial charge in [-0.2, -0.15) is 0 Å². The molecule has 4 N–H and O–H groups in total. The van der Waals surface area contributed by atoms with Gasteiger partial charge in [-0.3, -0.25) is 9.59 Å². The van der Waals surface area contributed by atoms with E-state index in [1.165, 1.54) is 62.0 Å². The Morgan fingerprint density at radius 3 is 2.47 bits per heavy atom. The van der Waals surface area contributed by atoms with Gasteiger partial charge in [0.05, 0.1) is 5.39 Å². The molecule has 1 saturated carbocycles. The number of nitrogens with one attached hydrogen (secondary N) is 4. The number of anilines is 4. The van der Waals surface area contributed by atoms with Crippen LogP contribution in [0, 0.1) is 6.92 Å². The van der Waals surface area contributed by atoms with Gasteiger partial charge in [0.2, 0.25) is 0 Å². The Bertz CT molecular complexity index is 1530. The number of aromatic amines is 2. The largest absolute Gasteiger partial charge is 0.348 e. The SMILES string of the molecule is Cc1cc(Nc2nc(Nc3cc(=O)cc[nH]3)cc3cc[nH]c(=O)c23)ccc1C1CCN(C2CC2)CC1. The minimum Gasteiger partial charge on any atom is -0.348 e. The van der Waals surface area contributed by atoms with Crippen LogP contribution < -0.4 is 21.6 Å². The summed E-state index contributed by atoms with van der Waals surface area (Å²) < 4.78 is 0. The molecule has 2 aliphatic rings. The molecule has 1 aromatic carbocycles. The van der Waals surface area contributed by atoms with Crippen molar-refractivity contribution in [1.29, 1.82) is 0 Å². The molecule has 3 aromatic heterocycles. The highest BCUT2D eigenvalue weighted by Gasteiger charge is 2.32. The maximum Gasteiger partial charge on any atom is 0.259 e. The number of H-pyrrole nitrogens is 2. The first-order valence-corrected chi connectivity index (χ1v) is 12.6. The normalized spacial score (nSPS) is 16.8. The third kappa shape index (κ3) is 4.64. The molecule has 0 radical (unpaired) electrons. The fraction of sp³-hybridized carbons (Fsp3) is 0.321. The smallest absolute Gasteiger partial charge is 0.259 e. The quantitative estimate of drug-likeness (QED) is 0.316. The Balaban J connectivity index is 1.28. The number of piperidine rings is 1. The minimum atomic E-state index is -0.210. The van der Waals surface area contributed by atoms with Crippen molar-refractivity contribution in [2.24, 2.45) is 0 Å². The zero-order chi connectivity index (χ0) is 24.6. The molecule has 1 aliphatic carbocycles. The van der Waals surface area contributed by atoms with E-state index < -0.39 is 0 Å². The predicted molar refractivity (Wildman–Crippen MR) is 144 cm³/mol. The number of rotatable bonds is 6. The lowest BCUT2D eigenvalue weighted by Gasteiger charge is -2.33. The Hall–Kier alpha value is -3.91. The van der Waals surface area contributed by atoms with E-state index in [1.807, 2.05) is 6.07 Å². The van der Waals surface area contributed by atoms with E-state index in [1.54, 1.807) is 18.5 Å². The summed E-state index contributed by atoms with van der Waals surface area (Å²) in [5.74, 6) is 2.10. The molecule has 0 spiro atoms. The molecule has 6 rings (SSSR count). The molecular weight excluding hydrogens is 452 g/mol. The van der Waals surface area contributed by atoms with Crippen molar-refractivity contribution < 1.29 is 0 Å². The predicted octanol–water partition coefficient (Wildman–Crippen LogP) is 4.75. The number of aryl methyl sites for hydroxylation is 1. The van der Waals surface area contributed by atoms with Gasteiger partial charge in [0, 0.05) is 36.3 Å². The van der Waals surface area contributed by atoms with Crippen LogP contribution in [0.25, 0.3) is 10.8 Å². The van der Waals surface area contributed by atoms with Crippen LogP contribution >= 0.6 is 0 Å². The molecule has 2 fully saturated rings. The van der Waals surface area contributed by atoms with E-state index in [0.717, 1.165) is 17.1 Å². The molecule has 4 aromatic rings. The van der Waals surface area contributed by atoms with Crippen LogP contribution in [0.2, 0.25) is 0 Å². The summed E-state index contributed by atoms with van der Waals surface area (Å²) in [5, 5.41) is 7.74. The number of fused-ring (bicyclic) bond motifs is 1. The molecule has 36 heavy (non-hydrogen) atoms. The number of likely N-dealkylation sites (tertiary alicyclic amines) is 1. The molecule has 1 aliphatic heterocycles. The van der Waals surface area contributed by atoms with Gasteiger partial charge in [0.25, 0.3) is 5.56 Å². The van der Waals surface area contributed by atoms with Crippen molar-refractivity contribution in [2.45, 2.75) is 44.6 Å². The average molecular weight is 483 g/mol. The number of aromatic nitrogens is 3. The van der Waals surface area contributed by atoms with Crippen LogP contribution in [0.1, 0.15) is 42.7 Å². The van der Waals surface area contributed by atoms with E-state index in [-0.39, 0.29) is 11.0 Å². The van der Waals surface area contributed by atoms with Crippen LogP contribution in [0.5, 0.6) is 0 Å². The van der Waals surface area contributed by atoms with Gasteiger partial charge in [-0.15, -0.1) is 0 Å². The Kier molecular flexibility index (Phi) is 5.81. The van der Waals surface area contributed by atoms with Crippen molar-refractivity contribution in [3.05, 3.63) is 86.6 Å². The molecule has 4 heterocycles. The van der Waals surface area contributed by atoms with Crippen LogP contribution in [0.15, 0.2) is 64.4 Å². The first kappa shape index (κ1) is 22.5. The maximum atomic E-state index is 12.7. The first-order chi connectivity index (χ1) is 17.5. The first-order valence-electron chi connectivity index (χ1n) is 12.6. The van der Waals surface area contributed by atoms with Crippen LogP contribution in [0.4, 0.5) is 23.1 Å². The highest BCUT2D eigenvalue weighted by atomic mass is 16.1. The summed E-state index contributed by atoms with van der Waals surface area (Å²) in [5.41, 5.74) is 3.22. The number of hydrogen-bond acceptors (Lipinski definition) is 6. The van der Waals surface area contributed by atoms with E-state index in [0.29, 0.717) is 28.8 Å². The molecule has 0 unspecified atom stereocenters. The second-order valence-electron chi connectivity index (χ2n) is 9.93. The average Bonchev–Trinajstić information content (AvgIpc) is 3.70. The summed E-state index contributed by atoms with van der Waals surface area (Å²) in [6, 6.07) is 13.8. The minimum absolute atomic E-state index is 0.111. The molecule has 1 saturated heterocycles. The third-order valence-corrected chi connectivity index (χ3v) is 7.36. The Morgan fingerprint density at radius 1 is 0.917 bits per heavy atom. The maximum absolute atomic E-state index is 12.7. The number of hydrogen-bond donors (Lipinski definition) is 4. The topological polar surface area (TPSA) is 106 Å². The van der Waals surface area contributed by atoms with Gasteiger partial charge in [0.1, 0.15) is 17.5 Å². The molecule has 8 nitrogen and oxygen atoms in total. The van der Waals surface area contributed by atoms with Gasteiger partial charge in [-0.1, -0.05) is 6.07 Å². The molecule has 8 heteroatoms. The second kappa shape index (κ2) is 9.28. The molecule has 184 valence electrons. The fourth-order valence-electron chi connectivity index (χ4n) is 5.39. The van der Waals surface area contributed by atoms with Gasteiger partial charge in [-0.25, -0.2) is 4.98 Å². The number of benzene rings is 1. The lowest BCUT2D eigenvalue weighted by atomic mass is 9.86. The summed E-state index contributed by atoms with van der Waals surface area (Å²) >= 11 is 0. The van der Waals surface area contributed by atoms with E-state index in [2.05, 4.69) is 55.6 Å². The van der Waals surface area contributed by atoms with Crippen molar-refractivity contribution >= 4 is 33.9 Å². The summed E-state index contributed by atoms with van der Waals surface area (Å²) in [6.45, 7) is 4.55. The molecule has 0 amide bonds.